The molecule has 0 fully saturated rings. The van der Waals surface area contributed by atoms with Crippen molar-refractivity contribution >= 4 is 28.2 Å². The van der Waals surface area contributed by atoms with Crippen molar-refractivity contribution in [3.63, 3.8) is 0 Å². The van der Waals surface area contributed by atoms with Crippen LogP contribution >= 0.6 is 11.6 Å². The third-order valence-electron chi connectivity index (χ3n) is 4.11. The van der Waals surface area contributed by atoms with Crippen molar-refractivity contribution in [1.82, 2.24) is 9.88 Å². The standard InChI is InChI=1S/C18H26ClN3.2C2H6/c1-4-22(5-2)12-6-7-14(3)21-17-10-11-20-18-13-15(19)8-9-16(17)18;2*1-2/h8-11,13-14H,4-7,12H2,1-3H3,(H,20,21);2*1-2H3. The van der Waals surface area contributed by atoms with Crippen LogP contribution in [0, 0.1) is 0 Å². The Labute approximate surface area is 166 Å². The highest BCUT2D eigenvalue weighted by Crippen LogP contribution is 2.25. The summed E-state index contributed by atoms with van der Waals surface area (Å²) < 4.78 is 0. The summed E-state index contributed by atoms with van der Waals surface area (Å²) in [6, 6.07) is 8.35. The molecule has 4 heteroatoms. The Hall–Kier alpha value is -1.32. The second-order valence-corrected chi connectivity index (χ2v) is 6.17. The fraction of sp³-hybridized carbons (Fsp3) is 0.591. The molecule has 1 atom stereocenters. The number of halogens is 1. The molecule has 0 radical (unpaired) electrons. The van der Waals surface area contributed by atoms with E-state index >= 15 is 0 Å². The van der Waals surface area contributed by atoms with Gasteiger partial charge in [-0.05, 0) is 63.7 Å². The predicted octanol–water partition coefficient (Wildman–Crippen LogP) is 6.86. The molecule has 3 nitrogen and oxygen atoms in total. The van der Waals surface area contributed by atoms with Gasteiger partial charge in [0.15, 0.2) is 0 Å². The molecule has 2 rings (SSSR count). The van der Waals surface area contributed by atoms with E-state index in [1.807, 2.05) is 58.2 Å². The summed E-state index contributed by atoms with van der Waals surface area (Å²) in [5.74, 6) is 0. The van der Waals surface area contributed by atoms with Gasteiger partial charge in [-0.15, -0.1) is 0 Å². The predicted molar refractivity (Wildman–Crippen MR) is 120 cm³/mol. The summed E-state index contributed by atoms with van der Waals surface area (Å²) in [5, 5.41) is 5.47. The highest BCUT2D eigenvalue weighted by molar-refractivity contribution is 6.31. The molecule has 0 aliphatic rings. The average molecular weight is 380 g/mol. The quantitative estimate of drug-likeness (QED) is 0.542. The molecule has 1 unspecified atom stereocenters. The van der Waals surface area contributed by atoms with Gasteiger partial charge in [0.2, 0.25) is 0 Å². The minimum absolute atomic E-state index is 0.442. The van der Waals surface area contributed by atoms with E-state index in [1.54, 1.807) is 0 Å². The van der Waals surface area contributed by atoms with Crippen LogP contribution in [0.1, 0.15) is 61.3 Å². The van der Waals surface area contributed by atoms with E-state index in [9.17, 15) is 0 Å². The first-order chi connectivity index (χ1) is 12.6. The smallest absolute Gasteiger partial charge is 0.0737 e. The van der Waals surface area contributed by atoms with Gasteiger partial charge in [0.25, 0.3) is 0 Å². The first-order valence-electron chi connectivity index (χ1n) is 10.2. The van der Waals surface area contributed by atoms with Crippen molar-refractivity contribution in [2.24, 2.45) is 0 Å². The van der Waals surface area contributed by atoms with Crippen LogP contribution in [0.2, 0.25) is 5.02 Å². The Kier molecular flexibility index (Phi) is 14.1. The number of anilines is 1. The van der Waals surface area contributed by atoms with Crippen molar-refractivity contribution in [2.75, 3.05) is 25.0 Å². The summed E-state index contributed by atoms with van der Waals surface area (Å²) in [4.78, 5) is 6.86. The van der Waals surface area contributed by atoms with Crippen LogP contribution in [0.15, 0.2) is 30.5 Å². The zero-order valence-corrected chi connectivity index (χ0v) is 18.5. The van der Waals surface area contributed by atoms with Gasteiger partial charge in [-0.1, -0.05) is 53.1 Å². The first-order valence-corrected chi connectivity index (χ1v) is 10.5. The Morgan fingerprint density at radius 3 is 2.35 bits per heavy atom. The van der Waals surface area contributed by atoms with Gasteiger partial charge in [-0.25, -0.2) is 0 Å². The van der Waals surface area contributed by atoms with Gasteiger partial charge in [-0.3, -0.25) is 4.98 Å². The van der Waals surface area contributed by atoms with E-state index in [-0.39, 0.29) is 0 Å². The molecule has 0 saturated heterocycles. The molecule has 1 aromatic carbocycles. The SMILES string of the molecule is CC.CC.CCN(CC)CCCC(C)Nc1ccnc2cc(Cl)ccc12. The normalized spacial score (nSPS) is 11.3. The molecule has 0 bridgehead atoms. The highest BCUT2D eigenvalue weighted by Gasteiger charge is 2.07. The number of fused-ring (bicyclic) bond motifs is 1. The number of nitrogens with zero attached hydrogens (tertiary/aromatic N) is 2. The summed E-state index contributed by atoms with van der Waals surface area (Å²) in [5.41, 5.74) is 2.07. The lowest BCUT2D eigenvalue weighted by atomic mass is 10.1. The Morgan fingerprint density at radius 1 is 1.08 bits per heavy atom. The van der Waals surface area contributed by atoms with Gasteiger partial charge >= 0.3 is 0 Å². The summed E-state index contributed by atoms with van der Waals surface area (Å²) in [6.45, 7) is 18.1. The molecule has 1 aromatic heterocycles. The fourth-order valence-electron chi connectivity index (χ4n) is 2.75. The molecule has 0 amide bonds. The molecule has 2 aromatic rings. The molecular weight excluding hydrogens is 342 g/mol. The van der Waals surface area contributed by atoms with Crippen molar-refractivity contribution < 1.29 is 0 Å². The zero-order valence-electron chi connectivity index (χ0n) is 17.8. The third-order valence-corrected chi connectivity index (χ3v) is 4.35. The Bertz CT molecular complexity index is 597. The number of benzene rings is 1. The average Bonchev–Trinajstić information content (AvgIpc) is 2.68. The molecule has 0 spiro atoms. The van der Waals surface area contributed by atoms with Crippen LogP contribution < -0.4 is 5.32 Å². The second-order valence-electron chi connectivity index (χ2n) is 5.73. The number of hydrogen-bond donors (Lipinski definition) is 1. The zero-order chi connectivity index (χ0) is 19.9. The van der Waals surface area contributed by atoms with Crippen molar-refractivity contribution in [2.45, 2.75) is 67.3 Å². The van der Waals surface area contributed by atoms with Crippen LogP contribution in [-0.4, -0.2) is 35.6 Å². The number of aromatic nitrogens is 1. The molecule has 26 heavy (non-hydrogen) atoms. The molecule has 0 aliphatic carbocycles. The lowest BCUT2D eigenvalue weighted by Gasteiger charge is -2.20. The molecule has 1 heterocycles. The van der Waals surface area contributed by atoms with Crippen molar-refractivity contribution in [3.8, 4) is 0 Å². The van der Waals surface area contributed by atoms with E-state index in [0.29, 0.717) is 6.04 Å². The molecule has 0 aliphatic heterocycles. The van der Waals surface area contributed by atoms with Gasteiger partial charge < -0.3 is 10.2 Å². The van der Waals surface area contributed by atoms with E-state index in [1.165, 1.54) is 13.0 Å². The van der Waals surface area contributed by atoms with Crippen LogP contribution in [0.25, 0.3) is 10.9 Å². The van der Waals surface area contributed by atoms with Crippen LogP contribution in [0.3, 0.4) is 0 Å². The van der Waals surface area contributed by atoms with Crippen molar-refractivity contribution in [3.05, 3.63) is 35.5 Å². The van der Waals surface area contributed by atoms with E-state index < -0.39 is 0 Å². The minimum atomic E-state index is 0.442. The van der Waals surface area contributed by atoms with Gasteiger partial charge in [0.1, 0.15) is 0 Å². The molecule has 1 N–H and O–H groups in total. The lowest BCUT2D eigenvalue weighted by Crippen LogP contribution is -2.25. The van der Waals surface area contributed by atoms with E-state index in [0.717, 1.165) is 41.1 Å². The third kappa shape index (κ3) is 8.37. The largest absolute Gasteiger partial charge is 0.382 e. The van der Waals surface area contributed by atoms with Crippen LogP contribution in [0.4, 0.5) is 5.69 Å². The number of pyridine rings is 1. The fourth-order valence-corrected chi connectivity index (χ4v) is 2.91. The maximum atomic E-state index is 6.04. The van der Waals surface area contributed by atoms with Crippen LogP contribution in [-0.2, 0) is 0 Å². The van der Waals surface area contributed by atoms with E-state index in [4.69, 9.17) is 11.6 Å². The molecule has 148 valence electrons. The van der Waals surface area contributed by atoms with Crippen LogP contribution in [0.5, 0.6) is 0 Å². The number of hydrogen-bond acceptors (Lipinski definition) is 3. The van der Waals surface area contributed by atoms with Gasteiger partial charge in [0.05, 0.1) is 5.52 Å². The first kappa shape index (κ1) is 24.7. The Morgan fingerprint density at radius 2 is 1.73 bits per heavy atom. The van der Waals surface area contributed by atoms with Gasteiger partial charge in [0, 0.05) is 28.3 Å². The topological polar surface area (TPSA) is 28.2 Å². The maximum Gasteiger partial charge on any atom is 0.0737 e. The summed E-state index contributed by atoms with van der Waals surface area (Å²) in [6.07, 6.45) is 4.21. The maximum absolute atomic E-state index is 6.04. The monoisotopic (exact) mass is 379 g/mol. The molecular formula is C22H38ClN3. The lowest BCUT2D eigenvalue weighted by molar-refractivity contribution is 0.295. The molecule has 0 saturated carbocycles. The van der Waals surface area contributed by atoms with Crippen molar-refractivity contribution in [1.29, 1.82) is 0 Å². The highest BCUT2D eigenvalue weighted by atomic mass is 35.5. The summed E-state index contributed by atoms with van der Waals surface area (Å²) >= 11 is 6.04. The summed E-state index contributed by atoms with van der Waals surface area (Å²) in [7, 11) is 0. The van der Waals surface area contributed by atoms with Gasteiger partial charge in [-0.2, -0.15) is 0 Å². The number of rotatable bonds is 8. The Balaban J connectivity index is 0.00000146. The van der Waals surface area contributed by atoms with E-state index in [2.05, 4.69) is 36.0 Å². The second kappa shape index (κ2) is 14.8. The minimum Gasteiger partial charge on any atom is -0.382 e. The number of nitrogens with one attached hydrogen (secondary N) is 1.